The van der Waals surface area contributed by atoms with E-state index in [2.05, 4.69) is 90.1 Å². The van der Waals surface area contributed by atoms with Crippen molar-refractivity contribution in [3.05, 3.63) is 59.7 Å². The molecule has 2 rings (SSSR count). The Morgan fingerprint density at radius 2 is 0.780 bits per heavy atom. The van der Waals surface area contributed by atoms with Crippen LogP contribution in [0.5, 0.6) is 11.5 Å². The van der Waals surface area contributed by atoms with E-state index in [0.717, 1.165) is 24.3 Å². The van der Waals surface area contributed by atoms with E-state index >= 15 is 0 Å². The van der Waals surface area contributed by atoms with Gasteiger partial charge in [0.05, 0.1) is 0 Å². The molecule has 3 nitrogen and oxygen atoms in total. The molecule has 0 radical (unpaired) electrons. The molecule has 0 amide bonds. The summed E-state index contributed by atoms with van der Waals surface area (Å²) in [6.45, 7) is 11.1. The van der Waals surface area contributed by atoms with Crippen LogP contribution in [0.1, 0.15) is 130 Å². The molecule has 0 aromatic heterocycles. The van der Waals surface area contributed by atoms with Gasteiger partial charge in [-0.3, -0.25) is 0 Å². The van der Waals surface area contributed by atoms with E-state index in [1.165, 1.54) is 113 Å². The molecule has 2 aromatic rings. The summed E-state index contributed by atoms with van der Waals surface area (Å²) >= 11 is 0. The van der Waals surface area contributed by atoms with Crippen molar-refractivity contribution in [1.29, 1.82) is 0 Å². The summed E-state index contributed by atoms with van der Waals surface area (Å²) in [4.78, 5) is 0. The van der Waals surface area contributed by atoms with Crippen LogP contribution in [-0.2, 0) is 17.3 Å². The van der Waals surface area contributed by atoms with E-state index in [9.17, 15) is 0 Å². The second kappa shape index (κ2) is 19.6. The summed E-state index contributed by atoms with van der Waals surface area (Å²) in [6, 6.07) is 17.2. The van der Waals surface area contributed by atoms with E-state index in [1.807, 2.05) is 0 Å². The fraction of sp³-hybridized carbons (Fsp3) is 0.667. The Bertz CT molecular complexity index is 834. The maximum absolute atomic E-state index is 7.52. The van der Waals surface area contributed by atoms with Crippen LogP contribution in [-0.4, -0.2) is 32.0 Å². The van der Waals surface area contributed by atoms with Crippen molar-refractivity contribution in [1.82, 2.24) is 0 Å². The topological polar surface area (TPSA) is 27.7 Å². The Morgan fingerprint density at radius 3 is 1.07 bits per heavy atom. The monoisotopic (exact) mass is 584 g/mol. The number of benzene rings is 2. The molecule has 0 atom stereocenters. The zero-order valence-electron chi connectivity index (χ0n) is 27.6. The van der Waals surface area contributed by atoms with E-state index < -0.39 is 14.2 Å². The van der Waals surface area contributed by atoms with Gasteiger partial charge in [-0.25, -0.2) is 0 Å². The molecule has 41 heavy (non-hydrogen) atoms. The predicted molar refractivity (Wildman–Crippen MR) is 184 cm³/mol. The molecule has 0 spiro atoms. The minimum absolute atomic E-state index is 0.752. The molecule has 0 aliphatic rings. The number of aryl methyl sites for hydroxylation is 2. The second-order valence-electron chi connectivity index (χ2n) is 12.3. The maximum atomic E-state index is 7.52. The van der Waals surface area contributed by atoms with Gasteiger partial charge >= 0.3 is 255 Å². The summed E-state index contributed by atoms with van der Waals surface area (Å²) in [5.74, 6) is 1.65. The van der Waals surface area contributed by atoms with Crippen LogP contribution in [0.3, 0.4) is 0 Å². The Morgan fingerprint density at radius 1 is 0.463 bits per heavy atom. The molecule has 0 N–H and O–H groups in total. The van der Waals surface area contributed by atoms with Crippen molar-refractivity contribution < 1.29 is 13.7 Å². The molecule has 0 heterocycles. The first kappa shape index (κ1) is 35.7. The molecule has 0 aliphatic heterocycles. The van der Waals surface area contributed by atoms with E-state index in [0.29, 0.717) is 0 Å². The van der Waals surface area contributed by atoms with Crippen LogP contribution in [0.15, 0.2) is 48.5 Å². The first-order chi connectivity index (χ1) is 19.9. The summed E-state index contributed by atoms with van der Waals surface area (Å²) in [5, 5.41) is 0. The number of unbranched alkanes of at least 4 members (excludes halogenated alkanes) is 6. The molecule has 2 aromatic carbocycles. The Hall–Kier alpha value is -1.51. The first-order valence-corrected chi connectivity index (χ1v) is 20.1. The summed E-state index contributed by atoms with van der Waals surface area (Å²) in [7, 11) is -0.752. The second-order valence-corrected chi connectivity index (χ2v) is 18.0. The SMILES string of the molecule is CCCCc1ccc(OB(Oc2ccc(CCCC)cc2)OP(CCCC)(CCCC)(CCCC)CCCC)cc1. The summed E-state index contributed by atoms with van der Waals surface area (Å²) < 4.78 is 20.8. The van der Waals surface area contributed by atoms with Gasteiger partial charge in [-0.05, 0) is 0 Å². The van der Waals surface area contributed by atoms with Crippen molar-refractivity contribution >= 4 is 14.2 Å². The molecule has 0 fully saturated rings. The molecule has 5 heteroatoms. The molecule has 0 aliphatic carbocycles. The fourth-order valence-electron chi connectivity index (χ4n) is 5.88. The average molecular weight is 585 g/mol. The zero-order chi connectivity index (χ0) is 29.8. The Labute approximate surface area is 254 Å². The molecule has 0 saturated heterocycles. The molecular weight excluding hydrogens is 522 g/mol. The number of hydrogen-bond acceptors (Lipinski definition) is 3. The quantitative estimate of drug-likeness (QED) is 0.0907. The Kier molecular flexibility index (Phi) is 17.1. The van der Waals surface area contributed by atoms with Gasteiger partial charge in [0, 0.05) is 0 Å². The third kappa shape index (κ3) is 12.3. The van der Waals surface area contributed by atoms with Crippen molar-refractivity contribution in [2.45, 2.75) is 131 Å². The van der Waals surface area contributed by atoms with Crippen LogP contribution in [0.4, 0.5) is 0 Å². The normalized spacial score (nSPS) is 12.6. The van der Waals surface area contributed by atoms with E-state index in [1.54, 1.807) is 0 Å². The fourth-order valence-corrected chi connectivity index (χ4v) is 12.7. The van der Waals surface area contributed by atoms with E-state index in [-0.39, 0.29) is 0 Å². The van der Waals surface area contributed by atoms with Crippen LogP contribution >= 0.6 is 6.83 Å². The van der Waals surface area contributed by atoms with Crippen LogP contribution in [0.2, 0.25) is 0 Å². The molecule has 232 valence electrons. The third-order valence-electron chi connectivity index (χ3n) is 8.64. The third-order valence-corrected chi connectivity index (χ3v) is 15.2. The van der Waals surface area contributed by atoms with Gasteiger partial charge in [0.2, 0.25) is 0 Å². The van der Waals surface area contributed by atoms with Gasteiger partial charge in [-0.1, -0.05) is 0 Å². The molecule has 0 bridgehead atoms. The van der Waals surface area contributed by atoms with Gasteiger partial charge in [0.25, 0.3) is 0 Å². The van der Waals surface area contributed by atoms with Crippen LogP contribution < -0.4 is 9.31 Å². The van der Waals surface area contributed by atoms with Gasteiger partial charge in [0.1, 0.15) is 0 Å². The molecule has 0 unspecified atom stereocenters. The van der Waals surface area contributed by atoms with Gasteiger partial charge in [0.15, 0.2) is 0 Å². The first-order valence-electron chi connectivity index (χ1n) is 17.2. The zero-order valence-corrected chi connectivity index (χ0v) is 28.5. The number of hydrogen-bond donors (Lipinski definition) is 0. The Balaban J connectivity index is 2.48. The van der Waals surface area contributed by atoms with Gasteiger partial charge < -0.3 is 0 Å². The molecular formula is C36H62BO3P. The van der Waals surface area contributed by atoms with Crippen molar-refractivity contribution in [3.63, 3.8) is 0 Å². The predicted octanol–water partition coefficient (Wildman–Crippen LogP) is 11.5. The van der Waals surface area contributed by atoms with Gasteiger partial charge in [-0.2, -0.15) is 0 Å². The van der Waals surface area contributed by atoms with Crippen molar-refractivity contribution in [2.75, 3.05) is 24.6 Å². The summed E-state index contributed by atoms with van der Waals surface area (Å²) in [5.41, 5.74) is 2.72. The van der Waals surface area contributed by atoms with Crippen molar-refractivity contribution in [3.8, 4) is 11.5 Å². The average Bonchev–Trinajstić information content (AvgIpc) is 3.00. The molecule has 0 saturated carbocycles. The van der Waals surface area contributed by atoms with E-state index in [4.69, 9.17) is 13.7 Å². The minimum atomic E-state index is -2.62. The van der Waals surface area contributed by atoms with Crippen LogP contribution in [0, 0.1) is 0 Å². The van der Waals surface area contributed by atoms with Gasteiger partial charge in [-0.15, -0.1) is 0 Å². The van der Waals surface area contributed by atoms with Crippen molar-refractivity contribution in [2.24, 2.45) is 0 Å². The number of rotatable bonds is 24. The standard InChI is InChI=1S/C36H62BO3P/c1-7-13-19-33-21-25-35(26-22-33)38-37(39-36-27-23-34(24-28-36)20-14-8-2)40-41(29-15-9-3,30-16-10-4,31-17-11-5)32-18-12-6/h21-28H,7-20,29-32H2,1-6H3. The summed E-state index contributed by atoms with van der Waals surface area (Å²) in [6.07, 6.45) is 21.4. The van der Waals surface area contributed by atoms with Crippen LogP contribution in [0.25, 0.3) is 0 Å².